The van der Waals surface area contributed by atoms with Gasteiger partial charge in [-0.2, -0.15) is 0 Å². The fourth-order valence-electron chi connectivity index (χ4n) is 6.57. The predicted octanol–water partition coefficient (Wildman–Crippen LogP) is 2.71. The van der Waals surface area contributed by atoms with Crippen molar-refractivity contribution in [2.24, 2.45) is 0 Å². The van der Waals surface area contributed by atoms with E-state index < -0.39 is 85.4 Å². The first kappa shape index (κ1) is 35.3. The van der Waals surface area contributed by atoms with E-state index in [4.69, 9.17) is 9.47 Å². The first-order valence-corrected chi connectivity index (χ1v) is 16.3. The fourth-order valence-corrected chi connectivity index (χ4v) is 6.57. The summed E-state index contributed by atoms with van der Waals surface area (Å²) in [6, 6.07) is 23.7. The lowest BCUT2D eigenvalue weighted by Gasteiger charge is -2.32. The van der Waals surface area contributed by atoms with Crippen LogP contribution in [0.25, 0.3) is 0 Å². The van der Waals surface area contributed by atoms with E-state index in [-0.39, 0.29) is 24.0 Å². The smallest absolute Gasteiger partial charge is 0.252 e. The highest BCUT2D eigenvalue weighted by Gasteiger charge is 2.44. The Labute approximate surface area is 287 Å². The molecule has 0 radical (unpaired) electrons. The van der Waals surface area contributed by atoms with Crippen LogP contribution in [0.2, 0.25) is 0 Å². The molecular weight excluding hydrogens is 650 g/mol. The minimum Gasteiger partial charge on any atom is -0.390 e. The second-order valence-corrected chi connectivity index (χ2v) is 12.5. The molecule has 12 heteroatoms. The zero-order valence-electron chi connectivity index (χ0n) is 26.9. The van der Waals surface area contributed by atoms with Crippen molar-refractivity contribution in [2.45, 2.75) is 74.8 Å². The van der Waals surface area contributed by atoms with E-state index in [1.54, 1.807) is 48.5 Å². The standard InChI is InChI=1S/C38H38F2N2O8/c39-27-15-7-3-11-23(27)19-49-35(37(47)41-31-25-13-5-1-9-21(25)17-29(31)43)33(45)34(46)36(50-20-24-12-4-8-16-28(24)40)38(48)42-32-26-14-6-2-10-22(26)18-30(32)44/h1-16,29-36,43-46H,17-20H2,(H,41,47)(H,42,48)/t29-,30-,31+,32?,33-,34-,35-,36-/m1/s1. The molecule has 8 atom stereocenters. The van der Waals surface area contributed by atoms with Gasteiger partial charge in [0.15, 0.2) is 12.2 Å². The molecule has 6 rings (SSSR count). The summed E-state index contributed by atoms with van der Waals surface area (Å²) in [7, 11) is 0. The van der Waals surface area contributed by atoms with Crippen molar-refractivity contribution in [3.05, 3.63) is 142 Å². The molecule has 4 aromatic rings. The van der Waals surface area contributed by atoms with Crippen LogP contribution in [0.1, 0.15) is 45.5 Å². The monoisotopic (exact) mass is 688 g/mol. The molecule has 2 aliphatic carbocycles. The van der Waals surface area contributed by atoms with Crippen molar-refractivity contribution in [2.75, 3.05) is 0 Å². The largest absolute Gasteiger partial charge is 0.390 e. The lowest BCUT2D eigenvalue weighted by molar-refractivity contribution is -0.171. The van der Waals surface area contributed by atoms with E-state index >= 15 is 0 Å². The van der Waals surface area contributed by atoms with Crippen LogP contribution < -0.4 is 10.6 Å². The average molecular weight is 689 g/mol. The van der Waals surface area contributed by atoms with Crippen molar-refractivity contribution in [1.29, 1.82) is 0 Å². The number of halogens is 2. The number of aliphatic hydroxyl groups is 4. The Bertz CT molecular complexity index is 1690. The first-order chi connectivity index (χ1) is 24.1. The maximum absolute atomic E-state index is 14.6. The van der Waals surface area contributed by atoms with E-state index in [2.05, 4.69) is 10.6 Å². The van der Waals surface area contributed by atoms with Crippen LogP contribution >= 0.6 is 0 Å². The molecule has 262 valence electrons. The van der Waals surface area contributed by atoms with E-state index in [0.717, 1.165) is 11.1 Å². The lowest BCUT2D eigenvalue weighted by Crippen LogP contribution is -2.57. The average Bonchev–Trinajstić information content (AvgIpc) is 3.60. The molecule has 0 saturated carbocycles. The van der Waals surface area contributed by atoms with E-state index in [0.29, 0.717) is 11.1 Å². The number of rotatable bonds is 13. The number of fused-ring (bicyclic) bond motifs is 2. The molecule has 0 saturated heterocycles. The van der Waals surface area contributed by atoms with Gasteiger partial charge in [0.1, 0.15) is 23.8 Å². The Balaban J connectivity index is 1.27. The van der Waals surface area contributed by atoms with Gasteiger partial charge in [0.2, 0.25) is 0 Å². The molecule has 2 amide bonds. The molecule has 1 unspecified atom stereocenters. The molecule has 6 N–H and O–H groups in total. The summed E-state index contributed by atoms with van der Waals surface area (Å²) in [5, 5.41) is 50.1. The SMILES string of the molecule is O=C(NC1c2ccccc2C[C@H]1O)[C@H](OCc1ccccc1F)[C@H](O)[C@@H](O)[C@@H](OCc1ccccc1F)C(=O)N[C@H]1c2ccccc2C[C@H]1O. The second-order valence-electron chi connectivity index (χ2n) is 12.5. The number of hydrogen-bond donors (Lipinski definition) is 6. The molecule has 2 aliphatic rings. The molecule has 4 aromatic carbocycles. The van der Waals surface area contributed by atoms with Crippen LogP contribution in [0.5, 0.6) is 0 Å². The van der Waals surface area contributed by atoms with Gasteiger partial charge in [-0.05, 0) is 34.4 Å². The third-order valence-corrected chi connectivity index (χ3v) is 9.24. The minimum atomic E-state index is -2.16. The van der Waals surface area contributed by atoms with E-state index in [9.17, 15) is 38.8 Å². The second kappa shape index (κ2) is 15.5. The molecule has 0 aliphatic heterocycles. The molecule has 0 aromatic heterocycles. The molecule has 0 fully saturated rings. The number of ether oxygens (including phenoxy) is 2. The Morgan fingerprint density at radius 3 is 1.38 bits per heavy atom. The van der Waals surface area contributed by atoms with E-state index in [1.807, 2.05) is 12.1 Å². The Morgan fingerprint density at radius 2 is 0.980 bits per heavy atom. The highest BCUT2D eigenvalue weighted by Crippen LogP contribution is 2.33. The number of carbonyl (C=O) groups excluding carboxylic acids is 2. The summed E-state index contributed by atoms with van der Waals surface area (Å²) in [6.07, 6.45) is -9.63. The van der Waals surface area contributed by atoms with Gasteiger partial charge < -0.3 is 40.5 Å². The van der Waals surface area contributed by atoms with Crippen LogP contribution in [0.4, 0.5) is 8.78 Å². The summed E-state index contributed by atoms with van der Waals surface area (Å²) in [6.45, 7) is -1.01. The third kappa shape index (κ3) is 7.60. The maximum Gasteiger partial charge on any atom is 0.252 e. The zero-order valence-corrected chi connectivity index (χ0v) is 26.9. The zero-order chi connectivity index (χ0) is 35.4. The topological polar surface area (TPSA) is 158 Å². The molecule has 0 spiro atoms. The summed E-state index contributed by atoms with van der Waals surface area (Å²) >= 11 is 0. The number of benzene rings is 4. The van der Waals surface area contributed by atoms with Gasteiger partial charge >= 0.3 is 0 Å². The number of hydrogen-bond acceptors (Lipinski definition) is 8. The maximum atomic E-state index is 14.6. The van der Waals surface area contributed by atoms with E-state index in [1.165, 1.54) is 36.4 Å². The third-order valence-electron chi connectivity index (χ3n) is 9.24. The number of carbonyl (C=O) groups is 2. The van der Waals surface area contributed by atoms with Crippen molar-refractivity contribution in [1.82, 2.24) is 10.6 Å². The molecule has 50 heavy (non-hydrogen) atoms. The molecule has 10 nitrogen and oxygen atoms in total. The van der Waals surface area contributed by atoms with Crippen LogP contribution in [0.15, 0.2) is 97.1 Å². The highest BCUT2D eigenvalue weighted by atomic mass is 19.1. The summed E-state index contributed by atoms with van der Waals surface area (Å²) < 4.78 is 40.6. The van der Waals surface area contributed by atoms with Crippen molar-refractivity contribution >= 4 is 11.8 Å². The number of nitrogens with one attached hydrogen (secondary N) is 2. The first-order valence-electron chi connectivity index (χ1n) is 16.3. The van der Waals surface area contributed by atoms with Gasteiger partial charge in [-0.25, -0.2) is 8.78 Å². The van der Waals surface area contributed by atoms with Gasteiger partial charge in [-0.3, -0.25) is 9.59 Å². The summed E-state index contributed by atoms with van der Waals surface area (Å²) in [5.74, 6) is -3.19. The van der Waals surface area contributed by atoms with Crippen LogP contribution in [0, 0.1) is 11.6 Å². The molecule has 0 heterocycles. The predicted molar refractivity (Wildman–Crippen MR) is 176 cm³/mol. The molecular formula is C38H38F2N2O8. The van der Waals surface area contributed by atoms with Crippen molar-refractivity contribution in [3.63, 3.8) is 0 Å². The number of aliphatic hydroxyl groups excluding tert-OH is 4. The number of amides is 2. The van der Waals surface area contributed by atoms with Crippen LogP contribution in [-0.2, 0) is 45.1 Å². The Morgan fingerprint density at radius 1 is 0.620 bits per heavy atom. The van der Waals surface area contributed by atoms with Gasteiger partial charge in [0, 0.05) is 24.0 Å². The van der Waals surface area contributed by atoms with Crippen LogP contribution in [-0.4, -0.2) is 68.9 Å². The summed E-state index contributed by atoms with van der Waals surface area (Å²) in [4.78, 5) is 27.7. The minimum absolute atomic E-state index is 0.0530. The molecule has 0 bridgehead atoms. The van der Waals surface area contributed by atoms with Gasteiger partial charge in [-0.15, -0.1) is 0 Å². The summed E-state index contributed by atoms with van der Waals surface area (Å²) in [5.41, 5.74) is 3.02. The Hall–Kier alpha value is -4.56. The van der Waals surface area contributed by atoms with Crippen molar-refractivity contribution in [3.8, 4) is 0 Å². The quantitative estimate of drug-likeness (QED) is 0.125. The van der Waals surface area contributed by atoms with Crippen molar-refractivity contribution < 1.29 is 48.3 Å². The van der Waals surface area contributed by atoms with Gasteiger partial charge in [0.05, 0.1) is 37.5 Å². The normalized spacial score (nSPS) is 21.8. The fraction of sp³-hybridized carbons (Fsp3) is 0.316. The van der Waals surface area contributed by atoms with Crippen LogP contribution in [0.3, 0.4) is 0 Å². The highest BCUT2D eigenvalue weighted by molar-refractivity contribution is 5.84. The van der Waals surface area contributed by atoms with Gasteiger partial charge in [0.25, 0.3) is 11.8 Å². The van der Waals surface area contributed by atoms with Gasteiger partial charge in [-0.1, -0.05) is 84.9 Å². The Kier molecular flexibility index (Phi) is 11.0. The lowest BCUT2D eigenvalue weighted by atomic mass is 9.99.